The van der Waals surface area contributed by atoms with Gasteiger partial charge in [0.05, 0.1) is 11.1 Å². The van der Waals surface area contributed by atoms with Gasteiger partial charge in [0.1, 0.15) is 0 Å². The standard InChI is InChI=1S/C12H18N6O2/c1-18(2)4-3-16-10(19)8-5-9(7-15-6-8)11(20)17-12(13)14/h5-7H,3-4H2,1-2H3,(H,16,19)(H4,13,14,17,20). The molecule has 108 valence electrons. The fraction of sp³-hybridized carbons (Fsp3) is 0.333. The number of carbonyl (C=O) groups is 2. The van der Waals surface area contributed by atoms with Crippen LogP contribution in [0.25, 0.3) is 0 Å². The van der Waals surface area contributed by atoms with E-state index >= 15 is 0 Å². The third-order valence-electron chi connectivity index (χ3n) is 2.32. The molecule has 0 aliphatic carbocycles. The smallest absolute Gasteiger partial charge is 0.281 e. The van der Waals surface area contributed by atoms with Crippen LogP contribution in [0.2, 0.25) is 0 Å². The number of guanidine groups is 1. The molecule has 0 aliphatic heterocycles. The average Bonchev–Trinajstić information content (AvgIpc) is 2.37. The fourth-order valence-electron chi connectivity index (χ4n) is 1.36. The van der Waals surface area contributed by atoms with Crippen molar-refractivity contribution in [1.29, 1.82) is 0 Å². The number of amides is 2. The molecule has 8 heteroatoms. The van der Waals surface area contributed by atoms with Gasteiger partial charge >= 0.3 is 0 Å². The number of nitrogens with one attached hydrogen (secondary N) is 1. The maximum Gasteiger partial charge on any atom is 0.281 e. The Morgan fingerprint density at radius 1 is 1.30 bits per heavy atom. The number of aliphatic imine (C=N–C) groups is 1. The predicted octanol–water partition coefficient (Wildman–Crippen LogP) is -1.21. The number of pyridine rings is 1. The minimum atomic E-state index is -0.638. The van der Waals surface area contributed by atoms with Crippen LogP contribution in [-0.2, 0) is 0 Å². The summed E-state index contributed by atoms with van der Waals surface area (Å²) in [5.41, 5.74) is 10.7. The number of likely N-dealkylation sites (N-methyl/N-ethyl adjacent to an activating group) is 1. The molecule has 0 radical (unpaired) electrons. The van der Waals surface area contributed by atoms with Crippen molar-refractivity contribution in [1.82, 2.24) is 15.2 Å². The molecular weight excluding hydrogens is 260 g/mol. The van der Waals surface area contributed by atoms with E-state index in [0.29, 0.717) is 13.1 Å². The first-order chi connectivity index (χ1) is 9.40. The van der Waals surface area contributed by atoms with Crippen LogP contribution < -0.4 is 16.8 Å². The van der Waals surface area contributed by atoms with Crippen LogP contribution in [0.3, 0.4) is 0 Å². The number of nitrogens with two attached hydrogens (primary N) is 2. The zero-order valence-electron chi connectivity index (χ0n) is 11.5. The molecule has 1 aromatic heterocycles. The maximum absolute atomic E-state index is 11.9. The van der Waals surface area contributed by atoms with E-state index in [1.807, 2.05) is 19.0 Å². The second kappa shape index (κ2) is 7.19. The molecule has 0 unspecified atom stereocenters. The Balaban J connectivity index is 2.75. The minimum absolute atomic E-state index is 0.152. The number of aromatic nitrogens is 1. The molecule has 0 bridgehead atoms. The second-order valence-corrected chi connectivity index (χ2v) is 4.36. The third-order valence-corrected chi connectivity index (χ3v) is 2.32. The Kier molecular flexibility index (Phi) is 5.60. The van der Waals surface area contributed by atoms with E-state index in [-0.39, 0.29) is 23.0 Å². The lowest BCUT2D eigenvalue weighted by molar-refractivity contribution is 0.0950. The van der Waals surface area contributed by atoms with Gasteiger partial charge in [-0.2, -0.15) is 4.99 Å². The summed E-state index contributed by atoms with van der Waals surface area (Å²) < 4.78 is 0. The topological polar surface area (TPSA) is 127 Å². The van der Waals surface area contributed by atoms with Crippen molar-refractivity contribution in [2.45, 2.75) is 0 Å². The highest BCUT2D eigenvalue weighted by Crippen LogP contribution is 2.04. The summed E-state index contributed by atoms with van der Waals surface area (Å²) in [5, 5.41) is 2.72. The highest BCUT2D eigenvalue weighted by atomic mass is 16.2. The zero-order valence-corrected chi connectivity index (χ0v) is 11.5. The van der Waals surface area contributed by atoms with Crippen molar-refractivity contribution in [2.75, 3.05) is 27.2 Å². The van der Waals surface area contributed by atoms with Gasteiger partial charge in [-0.15, -0.1) is 0 Å². The Labute approximate surface area is 116 Å². The quantitative estimate of drug-likeness (QED) is 0.458. The third kappa shape index (κ3) is 5.02. The van der Waals surface area contributed by atoms with Crippen LogP contribution >= 0.6 is 0 Å². The van der Waals surface area contributed by atoms with E-state index in [1.165, 1.54) is 18.5 Å². The first kappa shape index (κ1) is 15.6. The minimum Gasteiger partial charge on any atom is -0.370 e. The van der Waals surface area contributed by atoms with Crippen molar-refractivity contribution < 1.29 is 9.59 Å². The molecule has 0 aromatic carbocycles. The Morgan fingerprint density at radius 3 is 2.55 bits per heavy atom. The normalized spacial score (nSPS) is 10.2. The highest BCUT2D eigenvalue weighted by molar-refractivity contribution is 6.03. The molecule has 1 heterocycles. The Morgan fingerprint density at radius 2 is 1.95 bits per heavy atom. The largest absolute Gasteiger partial charge is 0.370 e. The summed E-state index contributed by atoms with van der Waals surface area (Å²) in [7, 11) is 3.81. The summed E-state index contributed by atoms with van der Waals surface area (Å²) in [6.07, 6.45) is 2.67. The van der Waals surface area contributed by atoms with Crippen LogP contribution in [-0.4, -0.2) is 54.8 Å². The van der Waals surface area contributed by atoms with Gasteiger partial charge < -0.3 is 21.7 Å². The molecule has 1 rings (SSSR count). The second-order valence-electron chi connectivity index (χ2n) is 4.36. The summed E-state index contributed by atoms with van der Waals surface area (Å²) >= 11 is 0. The van der Waals surface area contributed by atoms with Crippen molar-refractivity contribution in [3.8, 4) is 0 Å². The SMILES string of the molecule is CN(C)CCNC(=O)c1cncc(C(=O)N=C(N)N)c1. The van der Waals surface area contributed by atoms with Gasteiger partial charge in [-0.3, -0.25) is 14.6 Å². The number of hydrogen-bond donors (Lipinski definition) is 3. The molecule has 0 atom stereocenters. The van der Waals surface area contributed by atoms with Crippen LogP contribution in [0.4, 0.5) is 0 Å². The van der Waals surface area contributed by atoms with Crippen molar-refractivity contribution >= 4 is 17.8 Å². The maximum atomic E-state index is 11.9. The summed E-state index contributed by atoms with van der Waals surface area (Å²) in [4.78, 5) is 32.6. The van der Waals surface area contributed by atoms with Gasteiger partial charge in [0.2, 0.25) is 0 Å². The van der Waals surface area contributed by atoms with Gasteiger partial charge in [-0.1, -0.05) is 0 Å². The van der Waals surface area contributed by atoms with E-state index < -0.39 is 5.91 Å². The van der Waals surface area contributed by atoms with Crippen molar-refractivity contribution in [3.05, 3.63) is 29.6 Å². The van der Waals surface area contributed by atoms with E-state index in [0.717, 1.165) is 0 Å². The van der Waals surface area contributed by atoms with Crippen LogP contribution in [0.1, 0.15) is 20.7 Å². The highest BCUT2D eigenvalue weighted by Gasteiger charge is 2.10. The van der Waals surface area contributed by atoms with Crippen LogP contribution in [0.5, 0.6) is 0 Å². The molecule has 2 amide bonds. The van der Waals surface area contributed by atoms with E-state index in [2.05, 4.69) is 15.3 Å². The Bertz CT molecular complexity index is 522. The number of nitrogens with zero attached hydrogens (tertiary/aromatic N) is 3. The lowest BCUT2D eigenvalue weighted by Crippen LogP contribution is -2.31. The molecular formula is C12H18N6O2. The van der Waals surface area contributed by atoms with Crippen LogP contribution in [0.15, 0.2) is 23.5 Å². The molecule has 0 spiro atoms. The van der Waals surface area contributed by atoms with E-state index in [9.17, 15) is 9.59 Å². The fourth-order valence-corrected chi connectivity index (χ4v) is 1.36. The average molecular weight is 278 g/mol. The molecule has 5 N–H and O–H groups in total. The molecule has 1 aromatic rings. The summed E-state index contributed by atoms with van der Waals surface area (Å²) in [6, 6.07) is 1.40. The number of carbonyl (C=O) groups excluding carboxylic acids is 2. The van der Waals surface area contributed by atoms with Gasteiger partial charge in [-0.25, -0.2) is 0 Å². The first-order valence-corrected chi connectivity index (χ1v) is 5.92. The van der Waals surface area contributed by atoms with Crippen LogP contribution in [0, 0.1) is 0 Å². The molecule has 0 aliphatic rings. The molecule has 0 saturated carbocycles. The monoisotopic (exact) mass is 278 g/mol. The molecule has 0 fully saturated rings. The van der Waals surface area contributed by atoms with Gasteiger partial charge in [-0.05, 0) is 20.2 Å². The van der Waals surface area contributed by atoms with Gasteiger partial charge in [0, 0.05) is 25.5 Å². The van der Waals surface area contributed by atoms with Gasteiger partial charge in [0.15, 0.2) is 5.96 Å². The van der Waals surface area contributed by atoms with Gasteiger partial charge in [0.25, 0.3) is 11.8 Å². The zero-order chi connectivity index (χ0) is 15.1. The van der Waals surface area contributed by atoms with Crippen molar-refractivity contribution in [2.24, 2.45) is 16.5 Å². The van der Waals surface area contributed by atoms with Crippen molar-refractivity contribution in [3.63, 3.8) is 0 Å². The number of rotatable bonds is 5. The molecule has 20 heavy (non-hydrogen) atoms. The number of hydrogen-bond acceptors (Lipinski definition) is 4. The summed E-state index contributed by atoms with van der Waals surface area (Å²) in [5.74, 6) is -1.28. The lowest BCUT2D eigenvalue weighted by atomic mass is 10.2. The lowest BCUT2D eigenvalue weighted by Gasteiger charge is -2.10. The molecule has 0 saturated heterocycles. The van der Waals surface area contributed by atoms with E-state index in [1.54, 1.807) is 0 Å². The Hall–Kier alpha value is -2.48. The summed E-state index contributed by atoms with van der Waals surface area (Å²) in [6.45, 7) is 1.21. The first-order valence-electron chi connectivity index (χ1n) is 5.92. The van der Waals surface area contributed by atoms with E-state index in [4.69, 9.17) is 11.5 Å². The predicted molar refractivity (Wildman–Crippen MR) is 75.3 cm³/mol. The molecule has 8 nitrogen and oxygen atoms in total.